The molecule has 31 heavy (non-hydrogen) atoms. The Hall–Kier alpha value is -3.87. The minimum atomic E-state index is 0.430. The summed E-state index contributed by atoms with van der Waals surface area (Å²) in [7, 11) is 0. The van der Waals surface area contributed by atoms with E-state index < -0.39 is 0 Å². The molecule has 1 fully saturated rings. The van der Waals surface area contributed by atoms with Gasteiger partial charge in [-0.25, -0.2) is 9.97 Å². The van der Waals surface area contributed by atoms with Gasteiger partial charge in [0.1, 0.15) is 5.82 Å². The van der Waals surface area contributed by atoms with E-state index >= 15 is 0 Å². The van der Waals surface area contributed by atoms with E-state index in [1.54, 1.807) is 18.6 Å². The highest BCUT2D eigenvalue weighted by Gasteiger charge is 2.40. The number of hydrogen-bond acceptors (Lipinski definition) is 6. The summed E-state index contributed by atoms with van der Waals surface area (Å²) in [5.41, 5.74) is 4.68. The average Bonchev–Trinajstić information content (AvgIpc) is 3.43. The van der Waals surface area contributed by atoms with Crippen LogP contribution in [-0.4, -0.2) is 36.7 Å². The maximum absolute atomic E-state index is 6.20. The molecule has 7 heteroatoms. The second-order valence-corrected chi connectivity index (χ2v) is 8.01. The van der Waals surface area contributed by atoms with Gasteiger partial charge in [0.15, 0.2) is 5.65 Å². The topological polar surface area (TPSA) is 89.5 Å². The molecule has 2 atom stereocenters. The van der Waals surface area contributed by atoms with Crippen LogP contribution in [0.25, 0.3) is 33.1 Å². The number of nitrogens with one attached hydrogen (secondary N) is 1. The van der Waals surface area contributed by atoms with E-state index in [0.29, 0.717) is 30.1 Å². The van der Waals surface area contributed by atoms with Crippen LogP contribution in [0.2, 0.25) is 0 Å². The molecule has 4 aromatic heterocycles. The fraction of sp³-hybridized carbons (Fsp3) is 0.208. The highest BCUT2D eigenvalue weighted by Crippen LogP contribution is 2.47. The molecule has 1 aromatic carbocycles. The van der Waals surface area contributed by atoms with Crippen LogP contribution in [0.5, 0.6) is 5.88 Å². The Labute approximate surface area is 178 Å². The van der Waals surface area contributed by atoms with Crippen molar-refractivity contribution in [2.45, 2.75) is 19.3 Å². The van der Waals surface area contributed by atoms with Gasteiger partial charge in [0.25, 0.3) is 0 Å². The first-order valence-electron chi connectivity index (χ1n) is 10.4. The predicted octanol–water partition coefficient (Wildman–Crippen LogP) is 4.45. The van der Waals surface area contributed by atoms with Crippen molar-refractivity contribution in [1.82, 2.24) is 30.1 Å². The van der Waals surface area contributed by atoms with Crippen molar-refractivity contribution in [3.05, 3.63) is 72.6 Å². The molecular weight excluding hydrogens is 388 g/mol. The smallest absolute Gasteiger partial charge is 0.224 e. The lowest BCUT2D eigenvalue weighted by molar-refractivity contribution is 0.285. The summed E-state index contributed by atoms with van der Waals surface area (Å²) in [6.45, 7) is 2.47. The summed E-state index contributed by atoms with van der Waals surface area (Å²) in [5, 5.41) is 9.02. The molecule has 7 nitrogen and oxygen atoms in total. The first kappa shape index (κ1) is 17.9. The Morgan fingerprint density at radius 1 is 1.00 bits per heavy atom. The summed E-state index contributed by atoms with van der Waals surface area (Å²) < 4.78 is 6.20. The summed E-state index contributed by atoms with van der Waals surface area (Å²) in [6, 6.07) is 14.5. The average molecular weight is 408 g/mol. The summed E-state index contributed by atoms with van der Waals surface area (Å²) in [5.74, 6) is 2.14. The van der Waals surface area contributed by atoms with Gasteiger partial charge in [0.05, 0.1) is 23.9 Å². The van der Waals surface area contributed by atoms with Crippen molar-refractivity contribution in [3.8, 4) is 17.0 Å². The lowest BCUT2D eigenvalue weighted by Gasteiger charge is -2.11. The molecule has 0 saturated heterocycles. The second-order valence-electron chi connectivity index (χ2n) is 8.01. The van der Waals surface area contributed by atoms with Gasteiger partial charge < -0.3 is 4.74 Å². The van der Waals surface area contributed by atoms with Crippen LogP contribution in [0.4, 0.5) is 0 Å². The van der Waals surface area contributed by atoms with Gasteiger partial charge in [0.2, 0.25) is 5.88 Å². The Kier molecular flexibility index (Phi) is 4.12. The summed E-state index contributed by atoms with van der Waals surface area (Å²) in [6.07, 6.45) is 6.43. The van der Waals surface area contributed by atoms with Gasteiger partial charge in [-0.1, -0.05) is 24.3 Å². The van der Waals surface area contributed by atoms with Gasteiger partial charge >= 0.3 is 0 Å². The van der Waals surface area contributed by atoms with E-state index in [-0.39, 0.29) is 0 Å². The van der Waals surface area contributed by atoms with Crippen LogP contribution >= 0.6 is 0 Å². The highest BCUT2D eigenvalue weighted by molar-refractivity contribution is 5.81. The molecule has 0 aliphatic heterocycles. The van der Waals surface area contributed by atoms with Gasteiger partial charge in [0, 0.05) is 46.3 Å². The van der Waals surface area contributed by atoms with Crippen molar-refractivity contribution in [2.24, 2.45) is 5.92 Å². The molecule has 0 bridgehead atoms. The quantitative estimate of drug-likeness (QED) is 0.462. The lowest BCUT2D eigenvalue weighted by atomic mass is 10.1. The summed E-state index contributed by atoms with van der Waals surface area (Å²) in [4.78, 5) is 18.2. The van der Waals surface area contributed by atoms with Gasteiger partial charge in [-0.2, -0.15) is 10.1 Å². The Bertz CT molecular complexity index is 1410. The zero-order valence-electron chi connectivity index (χ0n) is 17.0. The van der Waals surface area contributed by atoms with E-state index in [2.05, 4.69) is 49.4 Å². The van der Waals surface area contributed by atoms with Crippen LogP contribution < -0.4 is 4.74 Å². The molecule has 0 radical (unpaired) electrons. The minimum Gasteiger partial charge on any atom is -0.477 e. The third kappa shape index (κ3) is 3.38. The molecule has 4 heterocycles. The largest absolute Gasteiger partial charge is 0.477 e. The first-order valence-corrected chi connectivity index (χ1v) is 10.4. The van der Waals surface area contributed by atoms with Crippen molar-refractivity contribution < 1.29 is 4.74 Å². The fourth-order valence-electron chi connectivity index (χ4n) is 4.01. The number of aromatic nitrogens is 6. The number of nitrogens with zero attached hydrogens (tertiary/aromatic N) is 5. The van der Waals surface area contributed by atoms with Crippen molar-refractivity contribution >= 4 is 21.9 Å². The highest BCUT2D eigenvalue weighted by atomic mass is 16.5. The molecule has 1 aliphatic rings. The van der Waals surface area contributed by atoms with Crippen LogP contribution in [0, 0.1) is 12.8 Å². The van der Waals surface area contributed by atoms with E-state index in [4.69, 9.17) is 9.72 Å². The van der Waals surface area contributed by atoms with Gasteiger partial charge in [-0.05, 0) is 31.5 Å². The molecule has 5 aromatic rings. The third-order valence-electron chi connectivity index (χ3n) is 5.83. The lowest BCUT2D eigenvalue weighted by Crippen LogP contribution is -2.05. The SMILES string of the molecule is Cc1ncc(-c2cnc3[nH]ncc3c2)c(OCC2CC2c2ccc3ccccc3n2)n1. The fourth-order valence-corrected chi connectivity index (χ4v) is 4.01. The summed E-state index contributed by atoms with van der Waals surface area (Å²) >= 11 is 0. The molecule has 1 aliphatic carbocycles. The number of H-pyrrole nitrogens is 1. The van der Waals surface area contributed by atoms with E-state index in [9.17, 15) is 0 Å². The van der Waals surface area contributed by atoms with Crippen molar-refractivity contribution in [1.29, 1.82) is 0 Å². The maximum atomic E-state index is 6.20. The molecule has 0 amide bonds. The Balaban J connectivity index is 1.22. The Morgan fingerprint density at radius 2 is 1.94 bits per heavy atom. The molecule has 0 spiro atoms. The number of para-hydroxylation sites is 1. The Morgan fingerprint density at radius 3 is 2.90 bits per heavy atom. The standard InChI is InChI=1S/C24H20N6O/c1-14-25-12-20(16-8-17-11-27-30-23(17)26-10-16)24(28-14)31-13-18-9-19(18)22-7-6-15-4-2-3-5-21(15)29-22/h2-8,10-12,18-19H,9,13H2,1H3,(H,26,27,30). The first-order chi connectivity index (χ1) is 15.2. The maximum Gasteiger partial charge on any atom is 0.224 e. The van der Waals surface area contributed by atoms with Crippen LogP contribution in [0.3, 0.4) is 0 Å². The molecule has 1 saturated carbocycles. The number of benzene rings is 1. The number of rotatable bonds is 5. The second kappa shape index (κ2) is 7.12. The number of fused-ring (bicyclic) bond motifs is 2. The number of ether oxygens (including phenoxy) is 1. The van der Waals surface area contributed by atoms with Gasteiger partial charge in [-0.3, -0.25) is 10.1 Å². The molecular formula is C24H20N6O. The van der Waals surface area contributed by atoms with Crippen LogP contribution in [0.15, 0.2) is 61.1 Å². The zero-order chi connectivity index (χ0) is 20.8. The number of pyridine rings is 2. The number of aryl methyl sites for hydroxylation is 1. The van der Waals surface area contributed by atoms with Crippen molar-refractivity contribution in [3.63, 3.8) is 0 Å². The molecule has 2 unspecified atom stereocenters. The molecule has 152 valence electrons. The van der Waals surface area contributed by atoms with E-state index in [1.807, 2.05) is 25.1 Å². The number of hydrogen-bond donors (Lipinski definition) is 1. The minimum absolute atomic E-state index is 0.430. The van der Waals surface area contributed by atoms with E-state index in [1.165, 1.54) is 5.39 Å². The van der Waals surface area contributed by atoms with Crippen molar-refractivity contribution in [2.75, 3.05) is 6.61 Å². The molecule has 1 N–H and O–H groups in total. The van der Waals surface area contributed by atoms with Crippen LogP contribution in [0.1, 0.15) is 23.9 Å². The zero-order valence-corrected chi connectivity index (χ0v) is 17.0. The number of aromatic amines is 1. The predicted molar refractivity (Wildman–Crippen MR) is 118 cm³/mol. The molecule has 6 rings (SSSR count). The monoisotopic (exact) mass is 408 g/mol. The third-order valence-corrected chi connectivity index (χ3v) is 5.83. The van der Waals surface area contributed by atoms with Gasteiger partial charge in [-0.15, -0.1) is 0 Å². The van der Waals surface area contributed by atoms with Crippen LogP contribution in [-0.2, 0) is 0 Å². The van der Waals surface area contributed by atoms with E-state index in [0.717, 1.165) is 39.8 Å². The normalized spacial score (nSPS) is 17.8.